The second-order valence-electron chi connectivity index (χ2n) is 5.52. The molecule has 1 rings (SSSR count). The number of nitrogens with zero attached hydrogens (tertiary/aromatic N) is 1. The van der Waals surface area contributed by atoms with E-state index < -0.39 is 5.60 Å². The molecule has 2 N–H and O–H groups in total. The standard InChI is InChI=1S/C12H24N2O2/c1-11(2,16-4)10(15)14-7-5-12(3,9-13)6-8-14/h5-9,13H2,1-4H3. The molecule has 0 aliphatic carbocycles. The summed E-state index contributed by atoms with van der Waals surface area (Å²) in [6, 6.07) is 0. The SMILES string of the molecule is COC(C)(C)C(=O)N1CCC(C)(CN)CC1. The third-order valence-electron chi connectivity index (χ3n) is 3.78. The second-order valence-corrected chi connectivity index (χ2v) is 5.52. The first-order chi connectivity index (χ1) is 7.34. The lowest BCUT2D eigenvalue weighted by Crippen LogP contribution is -2.51. The summed E-state index contributed by atoms with van der Waals surface area (Å²) in [5.74, 6) is 0.0778. The van der Waals surface area contributed by atoms with Crippen molar-refractivity contribution in [3.05, 3.63) is 0 Å². The Labute approximate surface area is 98.1 Å². The highest BCUT2D eigenvalue weighted by Gasteiger charge is 2.36. The summed E-state index contributed by atoms with van der Waals surface area (Å²) in [4.78, 5) is 14.0. The lowest BCUT2D eigenvalue weighted by Gasteiger charge is -2.41. The summed E-state index contributed by atoms with van der Waals surface area (Å²) in [5, 5.41) is 0. The van der Waals surface area contributed by atoms with Crippen molar-refractivity contribution in [1.82, 2.24) is 4.90 Å². The Kier molecular flexibility index (Phi) is 3.97. The molecule has 4 nitrogen and oxygen atoms in total. The molecule has 0 radical (unpaired) electrons. The minimum Gasteiger partial charge on any atom is -0.369 e. The van der Waals surface area contributed by atoms with Crippen LogP contribution in [0.2, 0.25) is 0 Å². The molecule has 1 heterocycles. The maximum atomic E-state index is 12.1. The van der Waals surface area contributed by atoms with E-state index in [0.29, 0.717) is 6.54 Å². The van der Waals surface area contributed by atoms with Crippen LogP contribution in [-0.2, 0) is 9.53 Å². The number of hydrogen-bond donors (Lipinski definition) is 1. The van der Waals surface area contributed by atoms with Gasteiger partial charge < -0.3 is 15.4 Å². The first-order valence-corrected chi connectivity index (χ1v) is 5.89. The lowest BCUT2D eigenvalue weighted by atomic mass is 9.80. The van der Waals surface area contributed by atoms with E-state index >= 15 is 0 Å². The lowest BCUT2D eigenvalue weighted by molar-refractivity contribution is -0.153. The highest BCUT2D eigenvalue weighted by atomic mass is 16.5. The van der Waals surface area contributed by atoms with E-state index in [0.717, 1.165) is 25.9 Å². The van der Waals surface area contributed by atoms with E-state index in [4.69, 9.17) is 10.5 Å². The van der Waals surface area contributed by atoms with Gasteiger partial charge in [0.15, 0.2) is 0 Å². The molecule has 1 aliphatic heterocycles. The zero-order valence-electron chi connectivity index (χ0n) is 10.9. The number of amides is 1. The number of nitrogens with two attached hydrogens (primary N) is 1. The third-order valence-corrected chi connectivity index (χ3v) is 3.78. The first-order valence-electron chi connectivity index (χ1n) is 5.89. The molecule has 94 valence electrons. The van der Waals surface area contributed by atoms with Gasteiger partial charge in [-0.1, -0.05) is 6.92 Å². The minimum atomic E-state index is -0.712. The third kappa shape index (κ3) is 2.74. The fourth-order valence-electron chi connectivity index (χ4n) is 1.92. The van der Waals surface area contributed by atoms with Crippen molar-refractivity contribution >= 4 is 5.91 Å². The average molecular weight is 228 g/mol. The molecule has 4 heteroatoms. The normalized spacial score (nSPS) is 20.9. The van der Waals surface area contributed by atoms with Crippen LogP contribution in [0.25, 0.3) is 0 Å². The molecule has 0 atom stereocenters. The predicted molar refractivity (Wildman–Crippen MR) is 64.1 cm³/mol. The average Bonchev–Trinajstić information content (AvgIpc) is 2.29. The number of carbonyl (C=O) groups is 1. The van der Waals surface area contributed by atoms with Gasteiger partial charge in [0.25, 0.3) is 5.91 Å². The molecule has 0 unspecified atom stereocenters. The monoisotopic (exact) mass is 228 g/mol. The minimum absolute atomic E-state index is 0.0778. The van der Waals surface area contributed by atoms with Gasteiger partial charge in [-0.05, 0) is 38.6 Å². The van der Waals surface area contributed by atoms with Crippen LogP contribution in [0.15, 0.2) is 0 Å². The summed E-state index contributed by atoms with van der Waals surface area (Å²) in [6.45, 7) is 8.09. The van der Waals surface area contributed by atoms with Crippen LogP contribution < -0.4 is 5.73 Å². The zero-order chi connectivity index (χ0) is 12.4. The van der Waals surface area contributed by atoms with Crippen molar-refractivity contribution < 1.29 is 9.53 Å². The number of ether oxygens (including phenoxy) is 1. The van der Waals surface area contributed by atoms with Gasteiger partial charge >= 0.3 is 0 Å². The Bertz CT molecular complexity index is 256. The molecule has 0 aromatic rings. The summed E-state index contributed by atoms with van der Waals surface area (Å²) >= 11 is 0. The topological polar surface area (TPSA) is 55.6 Å². The maximum absolute atomic E-state index is 12.1. The summed E-state index contributed by atoms with van der Waals surface area (Å²) in [5.41, 5.74) is 5.23. The quantitative estimate of drug-likeness (QED) is 0.784. The highest BCUT2D eigenvalue weighted by molar-refractivity contribution is 5.84. The molecule has 0 aromatic carbocycles. The van der Waals surface area contributed by atoms with Crippen LogP contribution in [0.5, 0.6) is 0 Å². The van der Waals surface area contributed by atoms with Crippen molar-refractivity contribution in [1.29, 1.82) is 0 Å². The first kappa shape index (κ1) is 13.5. The number of hydrogen-bond acceptors (Lipinski definition) is 3. The van der Waals surface area contributed by atoms with E-state index in [1.807, 2.05) is 18.7 Å². The number of rotatable bonds is 3. The Morgan fingerprint density at radius 2 is 1.94 bits per heavy atom. The molecule has 0 spiro atoms. The van der Waals surface area contributed by atoms with Crippen molar-refractivity contribution in [3.8, 4) is 0 Å². The largest absolute Gasteiger partial charge is 0.369 e. The van der Waals surface area contributed by atoms with E-state index in [1.165, 1.54) is 0 Å². The van der Waals surface area contributed by atoms with Crippen molar-refractivity contribution in [2.75, 3.05) is 26.7 Å². The van der Waals surface area contributed by atoms with E-state index in [-0.39, 0.29) is 11.3 Å². The molecule has 0 aromatic heterocycles. The molecule has 16 heavy (non-hydrogen) atoms. The smallest absolute Gasteiger partial charge is 0.254 e. The van der Waals surface area contributed by atoms with E-state index in [9.17, 15) is 4.79 Å². The molecular weight excluding hydrogens is 204 g/mol. The zero-order valence-corrected chi connectivity index (χ0v) is 10.9. The van der Waals surface area contributed by atoms with Crippen LogP contribution in [0, 0.1) is 5.41 Å². The van der Waals surface area contributed by atoms with Crippen LogP contribution in [0.3, 0.4) is 0 Å². The molecule has 0 saturated carbocycles. The molecule has 1 amide bonds. The van der Waals surface area contributed by atoms with Gasteiger partial charge in [0.2, 0.25) is 0 Å². The van der Waals surface area contributed by atoms with Gasteiger partial charge in [0, 0.05) is 20.2 Å². The molecule has 1 aliphatic rings. The van der Waals surface area contributed by atoms with Gasteiger partial charge in [-0.2, -0.15) is 0 Å². The van der Waals surface area contributed by atoms with Crippen LogP contribution in [-0.4, -0.2) is 43.2 Å². The number of piperidine rings is 1. The number of likely N-dealkylation sites (tertiary alicyclic amines) is 1. The van der Waals surface area contributed by atoms with Gasteiger partial charge in [-0.3, -0.25) is 4.79 Å². The van der Waals surface area contributed by atoms with Crippen molar-refractivity contribution in [2.45, 2.75) is 39.2 Å². The maximum Gasteiger partial charge on any atom is 0.254 e. The molecule has 0 bridgehead atoms. The Morgan fingerprint density at radius 3 is 2.31 bits per heavy atom. The second kappa shape index (κ2) is 4.72. The summed E-state index contributed by atoms with van der Waals surface area (Å²) in [6.07, 6.45) is 1.96. The Hall–Kier alpha value is -0.610. The van der Waals surface area contributed by atoms with Crippen LogP contribution >= 0.6 is 0 Å². The van der Waals surface area contributed by atoms with Gasteiger partial charge in [0.05, 0.1) is 0 Å². The summed E-state index contributed by atoms with van der Waals surface area (Å²) in [7, 11) is 1.58. The number of carbonyl (C=O) groups excluding carboxylic acids is 1. The van der Waals surface area contributed by atoms with Crippen molar-refractivity contribution in [2.24, 2.45) is 11.1 Å². The van der Waals surface area contributed by atoms with Gasteiger partial charge in [-0.15, -0.1) is 0 Å². The molecule has 1 fully saturated rings. The van der Waals surface area contributed by atoms with Crippen LogP contribution in [0.1, 0.15) is 33.6 Å². The van der Waals surface area contributed by atoms with Crippen molar-refractivity contribution in [3.63, 3.8) is 0 Å². The Morgan fingerprint density at radius 1 is 1.44 bits per heavy atom. The van der Waals surface area contributed by atoms with E-state index in [2.05, 4.69) is 6.92 Å². The van der Waals surface area contributed by atoms with Gasteiger partial charge in [-0.25, -0.2) is 0 Å². The highest BCUT2D eigenvalue weighted by Crippen LogP contribution is 2.30. The fraction of sp³-hybridized carbons (Fsp3) is 0.917. The fourth-order valence-corrected chi connectivity index (χ4v) is 1.92. The molecular formula is C12H24N2O2. The van der Waals surface area contributed by atoms with Gasteiger partial charge in [0.1, 0.15) is 5.60 Å². The predicted octanol–water partition coefficient (Wildman–Crippen LogP) is 0.999. The van der Waals surface area contributed by atoms with Crippen LogP contribution in [0.4, 0.5) is 0 Å². The Balaban J connectivity index is 2.58. The molecule has 1 saturated heterocycles. The summed E-state index contributed by atoms with van der Waals surface area (Å²) < 4.78 is 5.22. The van der Waals surface area contributed by atoms with E-state index in [1.54, 1.807) is 7.11 Å². The number of methoxy groups -OCH3 is 1.